The summed E-state index contributed by atoms with van der Waals surface area (Å²) in [5.41, 5.74) is 2.25. The lowest BCUT2D eigenvalue weighted by Gasteiger charge is -2.34. The fourth-order valence-corrected chi connectivity index (χ4v) is 4.43. The molecule has 2 heterocycles. The lowest BCUT2D eigenvalue weighted by molar-refractivity contribution is -0.128. The molecule has 0 fully saturated rings. The fraction of sp³-hybridized carbons (Fsp3) is 0.261. The Labute approximate surface area is 183 Å². The lowest BCUT2D eigenvalue weighted by Crippen LogP contribution is -2.48. The highest BCUT2D eigenvalue weighted by molar-refractivity contribution is 7.11. The Morgan fingerprint density at radius 1 is 1.26 bits per heavy atom. The molecule has 1 aliphatic heterocycles. The van der Waals surface area contributed by atoms with Gasteiger partial charge in [0, 0.05) is 10.4 Å². The first-order valence-electron chi connectivity index (χ1n) is 9.98. The number of aromatic nitrogens is 1. The zero-order valence-corrected chi connectivity index (χ0v) is 18.3. The average molecular weight is 440 g/mol. The van der Waals surface area contributed by atoms with Gasteiger partial charge in [0.05, 0.1) is 22.1 Å². The number of hydrogen-bond acceptors (Lipinski definition) is 5. The second-order valence-electron chi connectivity index (χ2n) is 7.29. The summed E-state index contributed by atoms with van der Waals surface area (Å²) in [7, 11) is 0. The average Bonchev–Trinajstić information content (AvgIpc) is 3.09. The van der Waals surface area contributed by atoms with Crippen LogP contribution in [0.4, 0.5) is 15.8 Å². The molecule has 160 valence electrons. The van der Waals surface area contributed by atoms with Crippen LogP contribution in [0.15, 0.2) is 42.5 Å². The number of carbonyl (C=O) groups is 2. The van der Waals surface area contributed by atoms with Gasteiger partial charge < -0.3 is 10.1 Å². The van der Waals surface area contributed by atoms with Gasteiger partial charge in [-0.2, -0.15) is 0 Å². The Bertz CT molecular complexity index is 1160. The van der Waals surface area contributed by atoms with Crippen LogP contribution in [0.5, 0.6) is 5.75 Å². The van der Waals surface area contributed by atoms with Crippen molar-refractivity contribution in [2.24, 2.45) is 0 Å². The second-order valence-corrected chi connectivity index (χ2v) is 8.69. The number of ether oxygens (including phenoxy) is 1. The molecule has 3 aromatic rings. The molecule has 1 N–H and O–H groups in total. The van der Waals surface area contributed by atoms with E-state index in [0.717, 1.165) is 21.1 Å². The van der Waals surface area contributed by atoms with E-state index in [1.54, 1.807) is 29.5 Å². The summed E-state index contributed by atoms with van der Waals surface area (Å²) in [6.07, 6.45) is -0.210. The topological polar surface area (TPSA) is 71.5 Å². The van der Waals surface area contributed by atoms with Crippen molar-refractivity contribution in [3.63, 3.8) is 0 Å². The number of amides is 2. The van der Waals surface area contributed by atoms with Crippen LogP contribution in [0.2, 0.25) is 0 Å². The molecule has 0 spiro atoms. The zero-order chi connectivity index (χ0) is 22.1. The third-order valence-corrected chi connectivity index (χ3v) is 5.94. The number of rotatable bonds is 5. The summed E-state index contributed by atoms with van der Waals surface area (Å²) >= 11 is 1.60. The molecule has 0 radical (unpaired) electrons. The minimum absolute atomic E-state index is 0.0720. The number of thiazole rings is 1. The molecule has 0 saturated heterocycles. The van der Waals surface area contributed by atoms with E-state index in [1.165, 1.54) is 17.0 Å². The minimum atomic E-state index is -0.678. The molecule has 31 heavy (non-hydrogen) atoms. The van der Waals surface area contributed by atoms with E-state index in [-0.39, 0.29) is 18.1 Å². The number of fused-ring (bicyclic) bond motifs is 1. The number of nitrogens with zero attached hydrogens (tertiary/aromatic N) is 2. The normalized spacial score (nSPS) is 15.4. The largest absolute Gasteiger partial charge is 0.478 e. The van der Waals surface area contributed by atoms with Crippen LogP contribution in [-0.2, 0) is 9.59 Å². The molecule has 2 aromatic carbocycles. The summed E-state index contributed by atoms with van der Waals surface area (Å²) in [5, 5.41) is 3.49. The van der Waals surface area contributed by atoms with E-state index in [2.05, 4.69) is 10.3 Å². The van der Waals surface area contributed by atoms with Crippen molar-refractivity contribution in [2.45, 2.75) is 33.3 Å². The fourth-order valence-electron chi connectivity index (χ4n) is 3.59. The molecule has 1 aliphatic rings. The number of benzene rings is 2. The predicted octanol–water partition coefficient (Wildman–Crippen LogP) is 4.71. The number of hydrogen-bond donors (Lipinski definition) is 1. The first kappa shape index (κ1) is 21.0. The molecular formula is C23H22FN3O3S. The van der Waals surface area contributed by atoms with Gasteiger partial charge in [0.15, 0.2) is 6.10 Å². The lowest BCUT2D eigenvalue weighted by atomic mass is 10.1. The Hall–Kier alpha value is -3.26. The second kappa shape index (κ2) is 8.47. The van der Waals surface area contributed by atoms with Crippen molar-refractivity contribution < 1.29 is 18.7 Å². The van der Waals surface area contributed by atoms with E-state index in [1.807, 2.05) is 32.9 Å². The monoisotopic (exact) mass is 439 g/mol. The van der Waals surface area contributed by atoms with Gasteiger partial charge in [0.25, 0.3) is 5.91 Å². The standard InChI is InChI=1S/C23H22FN3O3S/c1-4-19-23(29)27(12-21(28)26-17-8-6-5-7-16(17)24)18-11-15(9-10-20(18)30-19)22-13(2)31-14(3)25-22/h5-11,19H,4,12H2,1-3H3,(H,26,28). The van der Waals surface area contributed by atoms with E-state index in [0.29, 0.717) is 17.9 Å². The molecule has 1 atom stereocenters. The third-order valence-electron chi connectivity index (χ3n) is 5.06. The van der Waals surface area contributed by atoms with Gasteiger partial charge in [-0.25, -0.2) is 9.37 Å². The van der Waals surface area contributed by atoms with Gasteiger partial charge in [0.2, 0.25) is 5.91 Å². The van der Waals surface area contributed by atoms with Gasteiger partial charge in [-0.15, -0.1) is 11.3 Å². The highest BCUT2D eigenvalue weighted by Gasteiger charge is 2.35. The van der Waals surface area contributed by atoms with Crippen LogP contribution in [0.3, 0.4) is 0 Å². The van der Waals surface area contributed by atoms with Crippen LogP contribution in [0.25, 0.3) is 11.3 Å². The van der Waals surface area contributed by atoms with Crippen LogP contribution < -0.4 is 15.0 Å². The zero-order valence-electron chi connectivity index (χ0n) is 17.4. The number of para-hydroxylation sites is 1. The van der Waals surface area contributed by atoms with E-state index in [9.17, 15) is 14.0 Å². The van der Waals surface area contributed by atoms with Crippen molar-refractivity contribution in [3.8, 4) is 17.0 Å². The highest BCUT2D eigenvalue weighted by Crippen LogP contribution is 2.39. The minimum Gasteiger partial charge on any atom is -0.478 e. The SMILES string of the molecule is CCC1Oc2ccc(-c3nc(C)sc3C)cc2N(CC(=O)Nc2ccccc2F)C1=O. The Morgan fingerprint density at radius 2 is 2.03 bits per heavy atom. The van der Waals surface area contributed by atoms with Crippen molar-refractivity contribution in [3.05, 3.63) is 58.2 Å². The molecule has 0 aliphatic carbocycles. The van der Waals surface area contributed by atoms with Crippen molar-refractivity contribution in [1.29, 1.82) is 0 Å². The number of aryl methyl sites for hydroxylation is 2. The first-order chi connectivity index (χ1) is 14.9. The highest BCUT2D eigenvalue weighted by atomic mass is 32.1. The molecule has 6 nitrogen and oxygen atoms in total. The summed E-state index contributed by atoms with van der Waals surface area (Å²) in [6.45, 7) is 5.53. The van der Waals surface area contributed by atoms with Crippen LogP contribution in [0, 0.1) is 19.7 Å². The van der Waals surface area contributed by atoms with E-state index < -0.39 is 17.8 Å². The third kappa shape index (κ3) is 4.16. The van der Waals surface area contributed by atoms with Gasteiger partial charge in [-0.1, -0.05) is 19.1 Å². The predicted molar refractivity (Wildman–Crippen MR) is 119 cm³/mol. The van der Waals surface area contributed by atoms with Crippen molar-refractivity contribution in [2.75, 3.05) is 16.8 Å². The van der Waals surface area contributed by atoms with Gasteiger partial charge >= 0.3 is 0 Å². The van der Waals surface area contributed by atoms with Gasteiger partial charge in [0.1, 0.15) is 18.1 Å². The van der Waals surface area contributed by atoms with Crippen molar-refractivity contribution >= 4 is 34.5 Å². The number of nitrogens with one attached hydrogen (secondary N) is 1. The van der Waals surface area contributed by atoms with Crippen molar-refractivity contribution in [1.82, 2.24) is 4.98 Å². The van der Waals surface area contributed by atoms with Crippen LogP contribution >= 0.6 is 11.3 Å². The number of halogens is 1. The quantitative estimate of drug-likeness (QED) is 0.625. The summed E-state index contributed by atoms with van der Waals surface area (Å²) in [6, 6.07) is 11.4. The maximum absolute atomic E-state index is 13.9. The Kier molecular flexibility index (Phi) is 5.73. The maximum Gasteiger partial charge on any atom is 0.268 e. The molecule has 4 rings (SSSR count). The van der Waals surface area contributed by atoms with E-state index >= 15 is 0 Å². The van der Waals surface area contributed by atoms with Gasteiger partial charge in [-0.3, -0.25) is 14.5 Å². The Morgan fingerprint density at radius 3 is 2.71 bits per heavy atom. The summed E-state index contributed by atoms with van der Waals surface area (Å²) in [4.78, 5) is 32.8. The molecule has 8 heteroatoms. The number of carbonyl (C=O) groups excluding carboxylic acids is 2. The maximum atomic E-state index is 13.9. The summed E-state index contributed by atoms with van der Waals surface area (Å²) in [5.74, 6) is -0.805. The molecule has 1 aromatic heterocycles. The molecular weight excluding hydrogens is 417 g/mol. The van der Waals surface area contributed by atoms with Crippen LogP contribution in [-0.4, -0.2) is 29.4 Å². The first-order valence-corrected chi connectivity index (χ1v) is 10.8. The summed E-state index contributed by atoms with van der Waals surface area (Å²) < 4.78 is 19.8. The van der Waals surface area contributed by atoms with Crippen LogP contribution in [0.1, 0.15) is 23.2 Å². The number of anilines is 2. The molecule has 0 saturated carbocycles. The Balaban J connectivity index is 1.67. The smallest absolute Gasteiger partial charge is 0.268 e. The van der Waals surface area contributed by atoms with Gasteiger partial charge in [-0.05, 0) is 50.6 Å². The molecule has 0 bridgehead atoms. The molecule has 2 amide bonds. The molecule has 1 unspecified atom stereocenters. The van der Waals surface area contributed by atoms with E-state index in [4.69, 9.17) is 4.74 Å².